The highest BCUT2D eigenvalue weighted by atomic mass is 14.2. The smallest absolute Gasteiger partial charge is 0.00139 e. The molecule has 0 atom stereocenters. The fraction of sp³-hybridized carbons (Fsp3) is 0. The minimum Gasteiger partial charge on any atom is -0.0616 e. The second kappa shape index (κ2) is 5.81. The molecule has 0 fully saturated rings. The van der Waals surface area contributed by atoms with Crippen LogP contribution in [0.4, 0.5) is 0 Å². The van der Waals surface area contributed by atoms with Gasteiger partial charge < -0.3 is 0 Å². The average molecular weight is 378 g/mol. The van der Waals surface area contributed by atoms with Gasteiger partial charge in [-0.05, 0) is 64.6 Å². The summed E-state index contributed by atoms with van der Waals surface area (Å²) in [7, 11) is 0. The Morgan fingerprint density at radius 1 is 0.200 bits per heavy atom. The van der Waals surface area contributed by atoms with Crippen molar-refractivity contribution in [2.24, 2.45) is 0 Å². The summed E-state index contributed by atoms with van der Waals surface area (Å²) in [5, 5.41) is 16.0. The first kappa shape index (κ1) is 16.0. The summed E-state index contributed by atoms with van der Waals surface area (Å²) in [5.41, 5.74) is 0. The van der Waals surface area contributed by atoms with Crippen LogP contribution in [0.5, 0.6) is 0 Å². The second-order valence-electron chi connectivity index (χ2n) is 8.09. The predicted octanol–water partition coefficient (Wildman–Crippen LogP) is 8.61. The molecule has 0 heterocycles. The number of rotatable bonds is 0. The zero-order chi connectivity index (χ0) is 19.7. The Hall–Kier alpha value is -3.90. The van der Waals surface area contributed by atoms with Crippen molar-refractivity contribution in [3.63, 3.8) is 0 Å². The minimum absolute atomic E-state index is 1.32. The van der Waals surface area contributed by atoms with Gasteiger partial charge in [-0.15, -0.1) is 0 Å². The molecule has 0 aliphatic heterocycles. The van der Waals surface area contributed by atoms with Crippen LogP contribution in [0.25, 0.3) is 64.6 Å². The van der Waals surface area contributed by atoms with Crippen LogP contribution in [0.1, 0.15) is 0 Å². The molecular weight excluding hydrogens is 360 g/mol. The van der Waals surface area contributed by atoms with Gasteiger partial charge in [0.15, 0.2) is 0 Å². The van der Waals surface area contributed by atoms with Gasteiger partial charge >= 0.3 is 0 Å². The van der Waals surface area contributed by atoms with Crippen LogP contribution in [-0.4, -0.2) is 0 Å². The summed E-state index contributed by atoms with van der Waals surface area (Å²) >= 11 is 0. The highest BCUT2D eigenvalue weighted by Gasteiger charge is 2.15. The largest absolute Gasteiger partial charge is 0.0616 e. The molecule has 0 spiro atoms. The molecule has 0 nitrogen and oxygen atoms in total. The van der Waals surface area contributed by atoms with Crippen LogP contribution in [-0.2, 0) is 0 Å². The SMILES string of the molecule is c1ccc2c(c1)c1ccccc1c1c2ccc2c3ccccc3c3ccccc3c21. The van der Waals surface area contributed by atoms with Crippen molar-refractivity contribution in [1.29, 1.82) is 0 Å². The van der Waals surface area contributed by atoms with Gasteiger partial charge in [0.05, 0.1) is 0 Å². The van der Waals surface area contributed by atoms with Gasteiger partial charge in [0.25, 0.3) is 0 Å². The first-order valence-corrected chi connectivity index (χ1v) is 10.5. The molecule has 7 rings (SSSR count). The van der Waals surface area contributed by atoms with E-state index in [-0.39, 0.29) is 0 Å². The fourth-order valence-corrected chi connectivity index (χ4v) is 5.39. The van der Waals surface area contributed by atoms with Crippen molar-refractivity contribution in [3.05, 3.63) is 109 Å². The Morgan fingerprint density at radius 2 is 0.400 bits per heavy atom. The van der Waals surface area contributed by atoms with Crippen LogP contribution < -0.4 is 0 Å². The normalized spacial score (nSPS) is 12.0. The van der Waals surface area contributed by atoms with Crippen molar-refractivity contribution < 1.29 is 0 Å². The first-order chi connectivity index (χ1) is 14.9. The van der Waals surface area contributed by atoms with Gasteiger partial charge in [-0.2, -0.15) is 0 Å². The van der Waals surface area contributed by atoms with Crippen LogP contribution in [0.2, 0.25) is 0 Å². The molecule has 138 valence electrons. The molecule has 0 bridgehead atoms. The van der Waals surface area contributed by atoms with Gasteiger partial charge in [-0.1, -0.05) is 109 Å². The van der Waals surface area contributed by atoms with Crippen molar-refractivity contribution >= 4 is 64.6 Å². The van der Waals surface area contributed by atoms with E-state index in [4.69, 9.17) is 0 Å². The number of benzene rings is 7. The Morgan fingerprint density at radius 3 is 0.700 bits per heavy atom. The van der Waals surface area contributed by atoms with Crippen LogP contribution >= 0.6 is 0 Å². The number of hydrogen-bond donors (Lipinski definition) is 0. The lowest BCUT2D eigenvalue weighted by Gasteiger charge is -2.16. The molecule has 0 aliphatic rings. The fourth-order valence-electron chi connectivity index (χ4n) is 5.39. The molecule has 7 aromatic carbocycles. The Kier molecular flexibility index (Phi) is 3.09. The quantitative estimate of drug-likeness (QED) is 0.232. The van der Waals surface area contributed by atoms with Crippen LogP contribution in [0.3, 0.4) is 0 Å². The van der Waals surface area contributed by atoms with E-state index in [0.717, 1.165) is 0 Å². The summed E-state index contributed by atoms with van der Waals surface area (Å²) in [6.45, 7) is 0. The van der Waals surface area contributed by atoms with E-state index in [0.29, 0.717) is 0 Å². The summed E-state index contributed by atoms with van der Waals surface area (Å²) in [4.78, 5) is 0. The van der Waals surface area contributed by atoms with E-state index < -0.39 is 0 Å². The molecule has 0 unspecified atom stereocenters. The lowest BCUT2D eigenvalue weighted by atomic mass is 9.87. The lowest BCUT2D eigenvalue weighted by molar-refractivity contribution is 1.78. The third-order valence-electron chi connectivity index (χ3n) is 6.61. The molecule has 0 radical (unpaired) electrons. The Labute approximate surface area is 174 Å². The van der Waals surface area contributed by atoms with Gasteiger partial charge in [-0.25, -0.2) is 0 Å². The number of hydrogen-bond acceptors (Lipinski definition) is 0. The van der Waals surface area contributed by atoms with Crippen LogP contribution in [0.15, 0.2) is 109 Å². The van der Waals surface area contributed by atoms with Crippen molar-refractivity contribution in [2.45, 2.75) is 0 Å². The monoisotopic (exact) mass is 378 g/mol. The Balaban J connectivity index is 1.93. The predicted molar refractivity (Wildman–Crippen MR) is 131 cm³/mol. The van der Waals surface area contributed by atoms with E-state index in [1.165, 1.54) is 64.6 Å². The highest BCUT2D eigenvalue weighted by molar-refractivity contribution is 6.39. The van der Waals surface area contributed by atoms with E-state index >= 15 is 0 Å². The molecule has 30 heavy (non-hydrogen) atoms. The molecule has 0 saturated carbocycles. The zero-order valence-electron chi connectivity index (χ0n) is 16.4. The number of fused-ring (bicyclic) bond motifs is 13. The molecule has 0 amide bonds. The van der Waals surface area contributed by atoms with Crippen molar-refractivity contribution in [1.82, 2.24) is 0 Å². The van der Waals surface area contributed by atoms with Gasteiger partial charge in [-0.3, -0.25) is 0 Å². The molecule has 0 saturated heterocycles. The third kappa shape index (κ3) is 1.96. The maximum Gasteiger partial charge on any atom is -0.00139 e. The summed E-state index contributed by atoms with van der Waals surface area (Å²) in [5.74, 6) is 0. The van der Waals surface area contributed by atoms with Gasteiger partial charge in [0, 0.05) is 0 Å². The molecular formula is C30H18. The molecule has 0 heteroatoms. The van der Waals surface area contributed by atoms with Crippen LogP contribution in [0, 0.1) is 0 Å². The topological polar surface area (TPSA) is 0 Å². The van der Waals surface area contributed by atoms with Crippen molar-refractivity contribution in [2.75, 3.05) is 0 Å². The average Bonchev–Trinajstić information content (AvgIpc) is 2.84. The van der Waals surface area contributed by atoms with E-state index in [1.807, 2.05) is 0 Å². The maximum atomic E-state index is 2.33. The van der Waals surface area contributed by atoms with Gasteiger partial charge in [0.1, 0.15) is 0 Å². The van der Waals surface area contributed by atoms with Crippen molar-refractivity contribution in [3.8, 4) is 0 Å². The van der Waals surface area contributed by atoms with Gasteiger partial charge in [0.2, 0.25) is 0 Å². The standard InChI is InChI=1S/C30H18/c1-3-13-23-19(9-1)21-11-5-7-15-25(21)29-27(23)17-18-28-24-14-4-2-10-20(24)22-12-6-8-16-26(22)30(28)29/h1-18H. The molecule has 7 aromatic rings. The second-order valence-corrected chi connectivity index (χ2v) is 8.09. The molecule has 0 aromatic heterocycles. The molecule has 0 N–H and O–H groups in total. The third-order valence-corrected chi connectivity index (χ3v) is 6.61. The maximum absolute atomic E-state index is 2.33. The summed E-state index contributed by atoms with van der Waals surface area (Å²) < 4.78 is 0. The molecule has 0 aliphatic carbocycles. The lowest BCUT2D eigenvalue weighted by Crippen LogP contribution is -1.88. The van der Waals surface area contributed by atoms with E-state index in [1.54, 1.807) is 0 Å². The summed E-state index contributed by atoms with van der Waals surface area (Å²) in [6.07, 6.45) is 0. The van der Waals surface area contributed by atoms with E-state index in [2.05, 4.69) is 109 Å². The first-order valence-electron chi connectivity index (χ1n) is 10.5. The minimum atomic E-state index is 1.32. The Bertz CT molecular complexity index is 1580. The zero-order valence-corrected chi connectivity index (χ0v) is 16.4. The van der Waals surface area contributed by atoms with E-state index in [9.17, 15) is 0 Å². The highest BCUT2D eigenvalue weighted by Crippen LogP contribution is 2.43. The summed E-state index contributed by atoms with van der Waals surface area (Å²) in [6, 6.07) is 40.0.